The largest absolute Gasteiger partial charge is 0.508 e. The number of H-pyrrole nitrogens is 1. The summed E-state index contributed by atoms with van der Waals surface area (Å²) < 4.78 is 5.99. The molecule has 0 spiro atoms. The van der Waals surface area contributed by atoms with Crippen LogP contribution in [0.1, 0.15) is 86.1 Å². The van der Waals surface area contributed by atoms with E-state index in [1.807, 2.05) is 42.6 Å². The molecule has 0 radical (unpaired) electrons. The fraction of sp³-hybridized carbons (Fsp3) is 0.412. The van der Waals surface area contributed by atoms with Crippen molar-refractivity contribution in [3.63, 3.8) is 0 Å². The molecule has 0 amide bonds. The smallest absolute Gasteiger partial charge is 0.161 e. The number of phenols is 2. The Morgan fingerprint density at radius 3 is 2.60 bits per heavy atom. The van der Waals surface area contributed by atoms with Crippen LogP contribution in [-0.2, 0) is 22.4 Å². The lowest BCUT2D eigenvalue weighted by atomic mass is 9.75. The van der Waals surface area contributed by atoms with E-state index in [0.717, 1.165) is 73.8 Å². The number of nitrogens with one attached hydrogen (secondary N) is 1. The number of ketones is 2. The standard InChI is InChI=1S/C34H39NO5/c36-25-8-5-7-23(20-25)6-1-4-11-28-29-18-19-35-31(29)16-15-30(28)33(39)22-26(37)14-12-24-13-17-32(38)34(21-24)40-27-9-2-3-10-27/h5,7-8,13,15-21,27-28,30,35-36,38H,1-4,6,9-12,14,22H2. The number of aryl methyl sites for hydroxylation is 2. The maximum absolute atomic E-state index is 13.4. The second kappa shape index (κ2) is 13.0. The Kier molecular flexibility index (Phi) is 9.04. The van der Waals surface area contributed by atoms with Crippen LogP contribution in [0.5, 0.6) is 17.2 Å². The number of aromatic hydroxyl groups is 2. The normalized spacial score (nSPS) is 18.5. The van der Waals surface area contributed by atoms with E-state index in [1.54, 1.807) is 18.2 Å². The van der Waals surface area contributed by atoms with Crippen molar-refractivity contribution >= 4 is 17.6 Å². The van der Waals surface area contributed by atoms with E-state index in [9.17, 15) is 19.8 Å². The third-order valence-corrected chi connectivity index (χ3v) is 8.31. The molecular weight excluding hydrogens is 502 g/mol. The number of carbonyl (C=O) groups is 2. The van der Waals surface area contributed by atoms with Crippen LogP contribution in [0.2, 0.25) is 0 Å². The summed E-state index contributed by atoms with van der Waals surface area (Å²) in [4.78, 5) is 29.5. The van der Waals surface area contributed by atoms with Crippen LogP contribution >= 0.6 is 0 Å². The number of carbonyl (C=O) groups excluding carboxylic acids is 2. The monoisotopic (exact) mass is 541 g/mol. The number of Topliss-reactive ketones (excluding diaryl/α,β-unsaturated/α-hetero) is 2. The zero-order chi connectivity index (χ0) is 27.9. The van der Waals surface area contributed by atoms with Crippen LogP contribution in [0.3, 0.4) is 0 Å². The summed E-state index contributed by atoms with van der Waals surface area (Å²) in [6.07, 6.45) is 14.6. The van der Waals surface area contributed by atoms with E-state index in [4.69, 9.17) is 4.74 Å². The van der Waals surface area contributed by atoms with Gasteiger partial charge in [0.15, 0.2) is 11.5 Å². The van der Waals surface area contributed by atoms with E-state index >= 15 is 0 Å². The number of hydrogen-bond acceptors (Lipinski definition) is 5. The average molecular weight is 542 g/mol. The Bertz CT molecular complexity index is 1350. The summed E-state index contributed by atoms with van der Waals surface area (Å²) in [5.41, 5.74) is 4.21. The van der Waals surface area contributed by atoms with E-state index in [1.165, 1.54) is 0 Å². The zero-order valence-corrected chi connectivity index (χ0v) is 23.0. The van der Waals surface area contributed by atoms with Gasteiger partial charge in [0.1, 0.15) is 17.3 Å². The Labute approximate surface area is 236 Å². The molecule has 2 unspecified atom stereocenters. The van der Waals surface area contributed by atoms with Crippen LogP contribution in [0.15, 0.2) is 60.8 Å². The predicted molar refractivity (Wildman–Crippen MR) is 156 cm³/mol. The van der Waals surface area contributed by atoms with Crippen molar-refractivity contribution in [3.05, 3.63) is 83.2 Å². The number of aromatic amines is 1. The fourth-order valence-electron chi connectivity index (χ4n) is 6.14. The molecule has 3 N–H and O–H groups in total. The third kappa shape index (κ3) is 7.04. The van der Waals surface area contributed by atoms with Gasteiger partial charge in [-0.15, -0.1) is 0 Å². The molecular formula is C34H39NO5. The van der Waals surface area contributed by atoms with Gasteiger partial charge in [0.25, 0.3) is 0 Å². The molecule has 0 aliphatic heterocycles. The van der Waals surface area contributed by atoms with Crippen molar-refractivity contribution in [2.75, 3.05) is 0 Å². The first-order valence-electron chi connectivity index (χ1n) is 14.6. The van der Waals surface area contributed by atoms with Gasteiger partial charge in [0, 0.05) is 24.2 Å². The maximum atomic E-state index is 13.4. The van der Waals surface area contributed by atoms with Crippen molar-refractivity contribution in [2.45, 2.75) is 82.7 Å². The molecule has 3 aromatic rings. The van der Waals surface area contributed by atoms with Gasteiger partial charge in [0.2, 0.25) is 0 Å². The SMILES string of the molecule is O=C(CCc1ccc(O)c(OC2CCCC2)c1)CC(=O)C1C=Cc2[nH]ccc2C1CCCCc1cccc(O)c1. The van der Waals surface area contributed by atoms with Crippen molar-refractivity contribution in [1.82, 2.24) is 4.98 Å². The second-order valence-corrected chi connectivity index (χ2v) is 11.3. The van der Waals surface area contributed by atoms with Gasteiger partial charge in [-0.2, -0.15) is 0 Å². The summed E-state index contributed by atoms with van der Waals surface area (Å²) in [6.45, 7) is 0. The number of benzene rings is 2. The average Bonchev–Trinajstić information content (AvgIpc) is 3.64. The van der Waals surface area contributed by atoms with Gasteiger partial charge in [-0.1, -0.05) is 30.7 Å². The molecule has 0 bridgehead atoms. The Morgan fingerprint density at radius 2 is 1.77 bits per heavy atom. The van der Waals surface area contributed by atoms with E-state index < -0.39 is 0 Å². The zero-order valence-electron chi connectivity index (χ0n) is 23.0. The molecule has 5 rings (SSSR count). The Morgan fingerprint density at radius 1 is 0.950 bits per heavy atom. The van der Waals surface area contributed by atoms with E-state index in [0.29, 0.717) is 12.2 Å². The van der Waals surface area contributed by atoms with E-state index in [-0.39, 0.29) is 53.8 Å². The van der Waals surface area contributed by atoms with Crippen LogP contribution in [-0.4, -0.2) is 32.9 Å². The molecule has 6 nitrogen and oxygen atoms in total. The van der Waals surface area contributed by atoms with Gasteiger partial charge in [-0.05, 0) is 110 Å². The molecule has 40 heavy (non-hydrogen) atoms. The fourth-order valence-corrected chi connectivity index (χ4v) is 6.14. The molecule has 2 aliphatic rings. The highest BCUT2D eigenvalue weighted by molar-refractivity contribution is 6.01. The van der Waals surface area contributed by atoms with Gasteiger partial charge in [-0.3, -0.25) is 9.59 Å². The summed E-state index contributed by atoms with van der Waals surface area (Å²) in [7, 11) is 0. The molecule has 0 saturated heterocycles. The molecule has 1 fully saturated rings. The highest BCUT2D eigenvalue weighted by atomic mass is 16.5. The number of fused-ring (bicyclic) bond motifs is 1. The minimum absolute atomic E-state index is 0.0259. The van der Waals surface area contributed by atoms with Crippen LogP contribution in [0.4, 0.5) is 0 Å². The number of allylic oxidation sites excluding steroid dienone is 1. The molecule has 2 atom stereocenters. The number of rotatable bonds is 13. The van der Waals surface area contributed by atoms with Crippen molar-refractivity contribution in [2.24, 2.45) is 5.92 Å². The van der Waals surface area contributed by atoms with Crippen LogP contribution < -0.4 is 4.74 Å². The van der Waals surface area contributed by atoms with Crippen LogP contribution in [0, 0.1) is 5.92 Å². The van der Waals surface area contributed by atoms with Crippen LogP contribution in [0.25, 0.3) is 6.08 Å². The minimum Gasteiger partial charge on any atom is -0.508 e. The molecule has 2 aromatic carbocycles. The molecule has 1 aromatic heterocycles. The number of aromatic nitrogens is 1. The first kappa shape index (κ1) is 27.8. The second-order valence-electron chi connectivity index (χ2n) is 11.3. The van der Waals surface area contributed by atoms with Crippen molar-refractivity contribution in [1.29, 1.82) is 0 Å². The van der Waals surface area contributed by atoms with Crippen molar-refractivity contribution in [3.8, 4) is 17.2 Å². The van der Waals surface area contributed by atoms with Gasteiger partial charge in [-0.25, -0.2) is 0 Å². The highest BCUT2D eigenvalue weighted by Crippen LogP contribution is 2.39. The summed E-state index contributed by atoms with van der Waals surface area (Å²) in [6, 6.07) is 14.7. The number of hydrogen-bond donors (Lipinski definition) is 3. The first-order chi connectivity index (χ1) is 19.5. The minimum atomic E-state index is -0.312. The number of unbranched alkanes of at least 4 members (excludes halogenated alkanes) is 1. The molecule has 6 heteroatoms. The highest BCUT2D eigenvalue weighted by Gasteiger charge is 2.32. The Hall–Kier alpha value is -3.80. The summed E-state index contributed by atoms with van der Waals surface area (Å²) in [5.74, 6) is 0.531. The lowest BCUT2D eigenvalue weighted by Crippen LogP contribution is -2.25. The van der Waals surface area contributed by atoms with Gasteiger partial charge >= 0.3 is 0 Å². The van der Waals surface area contributed by atoms with Crippen molar-refractivity contribution < 1.29 is 24.5 Å². The number of ether oxygens (including phenoxy) is 1. The summed E-state index contributed by atoms with van der Waals surface area (Å²) >= 11 is 0. The predicted octanol–water partition coefficient (Wildman–Crippen LogP) is 7.05. The lowest BCUT2D eigenvalue weighted by Gasteiger charge is -2.27. The molecule has 1 saturated carbocycles. The number of phenolic OH excluding ortho intramolecular Hbond substituents is 2. The first-order valence-corrected chi connectivity index (χ1v) is 14.6. The topological polar surface area (TPSA) is 99.6 Å². The summed E-state index contributed by atoms with van der Waals surface area (Å²) in [5, 5.41) is 19.9. The lowest BCUT2D eigenvalue weighted by molar-refractivity contribution is -0.128. The molecule has 2 aliphatic carbocycles. The quantitative estimate of drug-likeness (QED) is 0.159. The molecule has 1 heterocycles. The molecule has 210 valence electrons. The van der Waals surface area contributed by atoms with E-state index in [2.05, 4.69) is 11.1 Å². The van der Waals surface area contributed by atoms with Gasteiger partial charge < -0.3 is 19.9 Å². The maximum Gasteiger partial charge on any atom is 0.161 e. The van der Waals surface area contributed by atoms with Gasteiger partial charge in [0.05, 0.1) is 12.5 Å². The Balaban J connectivity index is 1.15. The third-order valence-electron chi connectivity index (χ3n) is 8.31.